The second kappa shape index (κ2) is 9.78. The number of thioether (sulfide) groups is 1. The van der Waals surface area contributed by atoms with Crippen LogP contribution < -0.4 is 4.74 Å². The third-order valence-corrected chi connectivity index (χ3v) is 6.03. The Morgan fingerprint density at radius 2 is 1.81 bits per heavy atom. The lowest BCUT2D eigenvalue weighted by Crippen LogP contribution is -2.07. The summed E-state index contributed by atoms with van der Waals surface area (Å²) in [6.45, 7) is 4.32. The Bertz CT molecular complexity index is 1200. The first-order valence-electron chi connectivity index (χ1n) is 10.3. The van der Waals surface area contributed by atoms with Crippen molar-refractivity contribution < 1.29 is 9.53 Å². The van der Waals surface area contributed by atoms with Gasteiger partial charge in [0.15, 0.2) is 16.8 Å². The van der Waals surface area contributed by atoms with Crippen LogP contribution in [-0.2, 0) is 0 Å². The van der Waals surface area contributed by atoms with Crippen molar-refractivity contribution >= 4 is 17.5 Å². The fourth-order valence-corrected chi connectivity index (χ4v) is 4.27. The topological polar surface area (TPSA) is 69.9 Å². The van der Waals surface area contributed by atoms with Gasteiger partial charge in [-0.2, -0.15) is 0 Å². The number of rotatable bonds is 8. The zero-order chi connectivity index (χ0) is 22.5. The molecule has 6 nitrogen and oxygen atoms in total. The van der Waals surface area contributed by atoms with Crippen LogP contribution in [0.15, 0.2) is 78.2 Å². The van der Waals surface area contributed by atoms with E-state index >= 15 is 0 Å². The van der Waals surface area contributed by atoms with E-state index in [9.17, 15) is 4.79 Å². The maximum absolute atomic E-state index is 12.8. The van der Waals surface area contributed by atoms with Gasteiger partial charge in [-0.3, -0.25) is 14.3 Å². The van der Waals surface area contributed by atoms with Gasteiger partial charge in [-0.15, -0.1) is 10.2 Å². The highest BCUT2D eigenvalue weighted by Crippen LogP contribution is 2.32. The summed E-state index contributed by atoms with van der Waals surface area (Å²) in [5, 5.41) is 9.56. The predicted molar refractivity (Wildman–Crippen MR) is 127 cm³/mol. The predicted octanol–water partition coefficient (Wildman–Crippen LogP) is 5.44. The van der Waals surface area contributed by atoms with E-state index in [4.69, 9.17) is 4.74 Å². The third kappa shape index (κ3) is 4.57. The molecule has 0 N–H and O–H groups in total. The molecule has 0 radical (unpaired) electrons. The smallest absolute Gasteiger partial charge is 0.196 e. The molecule has 2 heterocycles. The lowest BCUT2D eigenvalue weighted by Gasteiger charge is -2.16. The number of benzene rings is 2. The van der Waals surface area contributed by atoms with Crippen LogP contribution in [0.5, 0.6) is 5.75 Å². The molecular formula is C25H24N4O2S. The summed E-state index contributed by atoms with van der Waals surface area (Å²) in [6, 6.07) is 19.2. The zero-order valence-electron chi connectivity index (χ0n) is 18.2. The molecule has 32 heavy (non-hydrogen) atoms. The minimum absolute atomic E-state index is 0.0206. The summed E-state index contributed by atoms with van der Waals surface area (Å²) in [6.07, 6.45) is 3.50. The summed E-state index contributed by atoms with van der Waals surface area (Å²) in [4.78, 5) is 17.0. The molecule has 0 aliphatic carbocycles. The number of ketones is 1. The van der Waals surface area contributed by atoms with Gasteiger partial charge in [0.2, 0.25) is 0 Å². The van der Waals surface area contributed by atoms with Crippen LogP contribution >= 0.6 is 11.8 Å². The highest BCUT2D eigenvalue weighted by Gasteiger charge is 2.20. The fraction of sp³-hybridized carbons (Fsp3) is 0.200. The molecule has 0 aliphatic rings. The van der Waals surface area contributed by atoms with E-state index in [2.05, 4.69) is 41.2 Å². The standard InChI is InChI=1S/C25H24N4O2S/c1-17(2)21-8-4-5-9-22(21)29-24(19-7-6-14-26-15-19)27-28-25(29)32-16-23(30)18-10-12-20(31-3)13-11-18/h4-15,17H,16H2,1-3H3. The normalized spacial score (nSPS) is 11.0. The number of para-hydroxylation sites is 1. The summed E-state index contributed by atoms with van der Waals surface area (Å²) >= 11 is 1.38. The maximum Gasteiger partial charge on any atom is 0.196 e. The molecule has 0 saturated carbocycles. The second-order valence-electron chi connectivity index (χ2n) is 7.54. The molecule has 4 rings (SSSR count). The van der Waals surface area contributed by atoms with E-state index in [1.165, 1.54) is 17.3 Å². The molecule has 0 atom stereocenters. The molecule has 0 spiro atoms. The van der Waals surface area contributed by atoms with E-state index in [0.717, 1.165) is 17.0 Å². The minimum Gasteiger partial charge on any atom is -0.497 e. The number of Topliss-reactive ketones (excluding diaryl/α,β-unsaturated/α-hetero) is 1. The first-order valence-corrected chi connectivity index (χ1v) is 11.3. The van der Waals surface area contributed by atoms with E-state index in [0.29, 0.717) is 22.5 Å². The van der Waals surface area contributed by atoms with Gasteiger partial charge in [-0.05, 0) is 53.9 Å². The molecule has 0 fully saturated rings. The minimum atomic E-state index is 0.0206. The zero-order valence-corrected chi connectivity index (χ0v) is 19.0. The van der Waals surface area contributed by atoms with Crippen LogP contribution in [0.2, 0.25) is 0 Å². The van der Waals surface area contributed by atoms with E-state index in [-0.39, 0.29) is 11.5 Å². The van der Waals surface area contributed by atoms with Crippen molar-refractivity contribution in [3.63, 3.8) is 0 Å². The van der Waals surface area contributed by atoms with E-state index < -0.39 is 0 Å². The molecule has 7 heteroatoms. The lowest BCUT2D eigenvalue weighted by molar-refractivity contribution is 0.102. The number of carbonyl (C=O) groups excluding carboxylic acids is 1. The van der Waals surface area contributed by atoms with Crippen molar-refractivity contribution in [1.82, 2.24) is 19.7 Å². The van der Waals surface area contributed by atoms with Gasteiger partial charge in [0.05, 0.1) is 18.6 Å². The van der Waals surface area contributed by atoms with Crippen LogP contribution in [0.4, 0.5) is 0 Å². The Balaban J connectivity index is 1.70. The van der Waals surface area contributed by atoms with Gasteiger partial charge in [-0.25, -0.2) is 0 Å². The van der Waals surface area contributed by atoms with Gasteiger partial charge in [-0.1, -0.05) is 43.8 Å². The van der Waals surface area contributed by atoms with E-state index in [1.54, 1.807) is 43.8 Å². The van der Waals surface area contributed by atoms with Crippen molar-refractivity contribution in [2.45, 2.75) is 24.9 Å². The lowest BCUT2D eigenvalue weighted by atomic mass is 10.0. The van der Waals surface area contributed by atoms with Crippen LogP contribution in [0, 0.1) is 0 Å². The molecule has 0 aliphatic heterocycles. The van der Waals surface area contributed by atoms with Crippen LogP contribution in [-0.4, -0.2) is 38.4 Å². The number of hydrogen-bond donors (Lipinski definition) is 0. The average molecular weight is 445 g/mol. The fourth-order valence-electron chi connectivity index (χ4n) is 3.43. The summed E-state index contributed by atoms with van der Waals surface area (Å²) in [5.41, 5.74) is 3.69. The summed E-state index contributed by atoms with van der Waals surface area (Å²) in [7, 11) is 1.61. The highest BCUT2D eigenvalue weighted by molar-refractivity contribution is 7.99. The molecule has 0 unspecified atom stereocenters. The monoisotopic (exact) mass is 444 g/mol. The molecule has 0 bridgehead atoms. The van der Waals surface area contributed by atoms with Crippen molar-refractivity contribution in [3.05, 3.63) is 84.2 Å². The SMILES string of the molecule is COc1ccc(C(=O)CSc2nnc(-c3cccnc3)n2-c2ccccc2C(C)C)cc1. The average Bonchev–Trinajstić information content (AvgIpc) is 3.27. The first kappa shape index (κ1) is 21.8. The Labute approximate surface area is 191 Å². The van der Waals surface area contributed by atoms with Gasteiger partial charge in [0.1, 0.15) is 5.75 Å². The van der Waals surface area contributed by atoms with Crippen molar-refractivity contribution in [2.24, 2.45) is 0 Å². The third-order valence-electron chi connectivity index (χ3n) is 5.10. The van der Waals surface area contributed by atoms with Gasteiger partial charge >= 0.3 is 0 Å². The maximum atomic E-state index is 12.8. The molecule has 2 aromatic carbocycles. The quantitative estimate of drug-likeness (QED) is 0.266. The molecule has 0 amide bonds. The molecule has 162 valence electrons. The number of hydrogen-bond acceptors (Lipinski definition) is 6. The number of ether oxygens (including phenoxy) is 1. The van der Waals surface area contributed by atoms with Crippen LogP contribution in [0.25, 0.3) is 17.1 Å². The highest BCUT2D eigenvalue weighted by atomic mass is 32.2. The number of methoxy groups -OCH3 is 1. The summed E-state index contributed by atoms with van der Waals surface area (Å²) in [5.74, 6) is 2.01. The number of nitrogens with zero attached hydrogens (tertiary/aromatic N) is 4. The van der Waals surface area contributed by atoms with Crippen molar-refractivity contribution in [1.29, 1.82) is 0 Å². The Kier molecular flexibility index (Phi) is 6.66. The molecule has 0 saturated heterocycles. The van der Waals surface area contributed by atoms with Gasteiger partial charge in [0, 0.05) is 23.5 Å². The second-order valence-corrected chi connectivity index (χ2v) is 8.48. The number of aromatic nitrogens is 4. The molecule has 4 aromatic rings. The molecular weight excluding hydrogens is 420 g/mol. The summed E-state index contributed by atoms with van der Waals surface area (Å²) < 4.78 is 7.20. The van der Waals surface area contributed by atoms with Crippen molar-refractivity contribution in [3.8, 4) is 22.8 Å². The largest absolute Gasteiger partial charge is 0.497 e. The van der Waals surface area contributed by atoms with Crippen LogP contribution in [0.3, 0.4) is 0 Å². The van der Waals surface area contributed by atoms with Gasteiger partial charge in [0.25, 0.3) is 0 Å². The van der Waals surface area contributed by atoms with Gasteiger partial charge < -0.3 is 4.74 Å². The number of pyridine rings is 1. The molecule has 2 aromatic heterocycles. The Morgan fingerprint density at radius 3 is 2.50 bits per heavy atom. The first-order chi connectivity index (χ1) is 15.6. The Morgan fingerprint density at radius 1 is 1.03 bits per heavy atom. The van der Waals surface area contributed by atoms with Crippen molar-refractivity contribution in [2.75, 3.05) is 12.9 Å². The number of carbonyl (C=O) groups is 1. The van der Waals surface area contributed by atoms with Crippen LogP contribution in [0.1, 0.15) is 35.7 Å². The van der Waals surface area contributed by atoms with E-state index in [1.807, 2.05) is 28.8 Å². The Hall–Kier alpha value is -3.45.